The van der Waals surface area contributed by atoms with Crippen LogP contribution in [-0.4, -0.2) is 31.5 Å². The summed E-state index contributed by atoms with van der Waals surface area (Å²) >= 11 is 6.67. The predicted octanol–water partition coefficient (Wildman–Crippen LogP) is 4.76. The van der Waals surface area contributed by atoms with E-state index in [1.807, 2.05) is 84.5 Å². The number of hydrogen-bond acceptors (Lipinski definition) is 4. The van der Waals surface area contributed by atoms with Crippen LogP contribution >= 0.6 is 24.0 Å². The van der Waals surface area contributed by atoms with Crippen molar-refractivity contribution in [2.24, 2.45) is 0 Å². The van der Waals surface area contributed by atoms with Crippen molar-refractivity contribution in [1.82, 2.24) is 14.7 Å². The van der Waals surface area contributed by atoms with Gasteiger partial charge < -0.3 is 0 Å². The molecule has 0 N–H and O–H groups in total. The van der Waals surface area contributed by atoms with E-state index in [0.717, 1.165) is 22.5 Å². The maximum absolute atomic E-state index is 12.6. The molecule has 3 aromatic rings. The highest BCUT2D eigenvalue weighted by Gasteiger charge is 2.31. The fourth-order valence-electron chi connectivity index (χ4n) is 2.94. The van der Waals surface area contributed by atoms with Crippen LogP contribution in [0.25, 0.3) is 23.0 Å². The van der Waals surface area contributed by atoms with Crippen LogP contribution in [0.3, 0.4) is 0 Å². The second kappa shape index (κ2) is 7.50. The Balaban J connectivity index is 1.82. The number of hydrogen-bond donors (Lipinski definition) is 0. The van der Waals surface area contributed by atoms with Crippen molar-refractivity contribution < 1.29 is 4.79 Å². The average Bonchev–Trinajstić information content (AvgIpc) is 3.24. The van der Waals surface area contributed by atoms with Gasteiger partial charge in [0.05, 0.1) is 16.3 Å². The average molecular weight is 392 g/mol. The zero-order valence-corrected chi connectivity index (χ0v) is 16.3. The highest BCUT2D eigenvalue weighted by Crippen LogP contribution is 2.34. The third-order valence-corrected chi connectivity index (χ3v) is 5.66. The molecule has 1 aliphatic heterocycles. The van der Waals surface area contributed by atoms with E-state index >= 15 is 0 Å². The van der Waals surface area contributed by atoms with Gasteiger partial charge in [-0.25, -0.2) is 4.68 Å². The summed E-state index contributed by atoms with van der Waals surface area (Å²) in [4.78, 5) is 14.8. The van der Waals surface area contributed by atoms with Crippen LogP contribution in [-0.2, 0) is 4.79 Å². The number of amides is 1. The third-order valence-electron chi connectivity index (χ3n) is 4.29. The van der Waals surface area contributed by atoms with Gasteiger partial charge >= 0.3 is 0 Å². The zero-order valence-electron chi connectivity index (χ0n) is 14.7. The van der Waals surface area contributed by atoms with Gasteiger partial charge in [-0.15, -0.1) is 0 Å². The molecule has 0 spiro atoms. The standard InChI is InChI=1S/C21H17N3OS2/c1-2-23-20(25)18(27-21(23)26)13-16-14-24(17-11-7-4-8-12-17)22-19(16)15-9-5-3-6-10-15/h3-14H,2H2,1H3/b18-13+. The Labute approximate surface area is 167 Å². The maximum Gasteiger partial charge on any atom is 0.266 e. The van der Waals surface area contributed by atoms with Gasteiger partial charge in [0.25, 0.3) is 5.91 Å². The second-order valence-electron chi connectivity index (χ2n) is 6.01. The molecular weight excluding hydrogens is 374 g/mol. The summed E-state index contributed by atoms with van der Waals surface area (Å²) in [6.07, 6.45) is 3.85. The molecule has 1 amide bonds. The first-order chi connectivity index (χ1) is 13.2. The molecule has 2 aromatic carbocycles. The fraction of sp³-hybridized carbons (Fsp3) is 0.0952. The quantitative estimate of drug-likeness (QED) is 0.475. The van der Waals surface area contributed by atoms with Crippen molar-refractivity contribution in [3.63, 3.8) is 0 Å². The lowest BCUT2D eigenvalue weighted by Gasteiger charge is -2.09. The van der Waals surface area contributed by atoms with Gasteiger partial charge in [0.15, 0.2) is 0 Å². The molecule has 2 heterocycles. The van der Waals surface area contributed by atoms with Gasteiger partial charge in [-0.3, -0.25) is 9.69 Å². The molecule has 0 unspecified atom stereocenters. The molecule has 0 radical (unpaired) electrons. The zero-order chi connectivity index (χ0) is 18.8. The van der Waals surface area contributed by atoms with Crippen LogP contribution < -0.4 is 0 Å². The Morgan fingerprint density at radius 3 is 2.37 bits per heavy atom. The monoisotopic (exact) mass is 391 g/mol. The minimum atomic E-state index is -0.0426. The molecular formula is C21H17N3OS2. The number of benzene rings is 2. The van der Waals surface area contributed by atoms with E-state index in [1.165, 1.54) is 11.8 Å². The molecule has 1 saturated heterocycles. The maximum atomic E-state index is 12.6. The SMILES string of the molecule is CCN1C(=O)/C(=C\c2cn(-c3ccccc3)nc2-c2ccccc2)SC1=S. The fourth-order valence-corrected chi connectivity index (χ4v) is 4.32. The number of aromatic nitrogens is 2. The number of thiocarbonyl (C=S) groups is 1. The van der Waals surface area contributed by atoms with Crippen LogP contribution in [0.5, 0.6) is 0 Å². The molecule has 4 rings (SSSR count). The normalized spacial score (nSPS) is 15.7. The smallest absolute Gasteiger partial charge is 0.266 e. The van der Waals surface area contributed by atoms with Gasteiger partial charge in [-0.05, 0) is 25.1 Å². The molecule has 4 nitrogen and oxygen atoms in total. The summed E-state index contributed by atoms with van der Waals surface area (Å²) in [7, 11) is 0. The molecule has 0 saturated carbocycles. The largest absolute Gasteiger partial charge is 0.293 e. The molecule has 0 atom stereocenters. The van der Waals surface area contributed by atoms with Crippen LogP contribution in [0, 0.1) is 0 Å². The summed E-state index contributed by atoms with van der Waals surface area (Å²) < 4.78 is 2.44. The topological polar surface area (TPSA) is 38.1 Å². The number of nitrogens with zero attached hydrogens (tertiary/aromatic N) is 3. The number of rotatable bonds is 4. The number of thioether (sulfide) groups is 1. The molecule has 0 aliphatic carbocycles. The predicted molar refractivity (Wildman–Crippen MR) is 115 cm³/mol. The van der Waals surface area contributed by atoms with Crippen LogP contribution in [0.4, 0.5) is 0 Å². The summed E-state index contributed by atoms with van der Waals surface area (Å²) in [6, 6.07) is 19.9. The lowest BCUT2D eigenvalue weighted by atomic mass is 10.1. The molecule has 6 heteroatoms. The first-order valence-electron chi connectivity index (χ1n) is 8.63. The van der Waals surface area contributed by atoms with E-state index in [4.69, 9.17) is 17.3 Å². The highest BCUT2D eigenvalue weighted by atomic mass is 32.2. The van der Waals surface area contributed by atoms with Crippen molar-refractivity contribution >= 4 is 40.3 Å². The number of carbonyl (C=O) groups excluding carboxylic acids is 1. The molecule has 134 valence electrons. The van der Waals surface area contributed by atoms with E-state index < -0.39 is 0 Å². The van der Waals surface area contributed by atoms with Crippen molar-refractivity contribution in [3.05, 3.63) is 77.3 Å². The molecule has 27 heavy (non-hydrogen) atoms. The number of likely N-dealkylation sites (N-methyl/N-ethyl adjacent to an activating group) is 1. The van der Waals surface area contributed by atoms with Crippen molar-refractivity contribution in [1.29, 1.82) is 0 Å². The minimum absolute atomic E-state index is 0.0426. The second-order valence-corrected chi connectivity index (χ2v) is 7.68. The Hall–Kier alpha value is -2.70. The van der Waals surface area contributed by atoms with Crippen molar-refractivity contribution in [3.8, 4) is 16.9 Å². The Bertz CT molecular complexity index is 1030. The number of para-hydroxylation sites is 1. The van der Waals surface area contributed by atoms with Crippen molar-refractivity contribution in [2.45, 2.75) is 6.92 Å². The van der Waals surface area contributed by atoms with Gasteiger partial charge in [-0.1, -0.05) is 72.5 Å². The Kier molecular flexibility index (Phi) is 4.92. The van der Waals surface area contributed by atoms with Crippen LogP contribution in [0.15, 0.2) is 71.8 Å². The summed E-state index contributed by atoms with van der Waals surface area (Å²) in [5, 5.41) is 4.78. The summed E-state index contributed by atoms with van der Waals surface area (Å²) in [6.45, 7) is 2.51. The Morgan fingerprint density at radius 2 is 1.74 bits per heavy atom. The van der Waals surface area contributed by atoms with E-state index in [2.05, 4.69) is 0 Å². The Morgan fingerprint density at radius 1 is 1.07 bits per heavy atom. The first-order valence-corrected chi connectivity index (χ1v) is 9.85. The minimum Gasteiger partial charge on any atom is -0.293 e. The lowest BCUT2D eigenvalue weighted by Crippen LogP contribution is -2.27. The van der Waals surface area contributed by atoms with Gasteiger partial charge in [0.2, 0.25) is 0 Å². The third kappa shape index (κ3) is 3.46. The first kappa shape index (κ1) is 17.7. The molecule has 1 aliphatic rings. The van der Waals surface area contributed by atoms with Gasteiger partial charge in [-0.2, -0.15) is 5.10 Å². The summed E-state index contributed by atoms with van der Waals surface area (Å²) in [5.41, 5.74) is 3.70. The highest BCUT2D eigenvalue weighted by molar-refractivity contribution is 8.26. The van der Waals surface area contributed by atoms with E-state index in [0.29, 0.717) is 15.8 Å². The number of carbonyl (C=O) groups is 1. The van der Waals surface area contributed by atoms with Crippen molar-refractivity contribution in [2.75, 3.05) is 6.54 Å². The summed E-state index contributed by atoms with van der Waals surface area (Å²) in [5.74, 6) is -0.0426. The van der Waals surface area contributed by atoms with Gasteiger partial charge in [0, 0.05) is 23.9 Å². The molecule has 0 bridgehead atoms. The van der Waals surface area contributed by atoms with Crippen LogP contribution in [0.2, 0.25) is 0 Å². The van der Waals surface area contributed by atoms with E-state index in [-0.39, 0.29) is 5.91 Å². The van der Waals surface area contributed by atoms with Crippen LogP contribution in [0.1, 0.15) is 12.5 Å². The molecule has 1 aromatic heterocycles. The molecule has 1 fully saturated rings. The van der Waals surface area contributed by atoms with E-state index in [9.17, 15) is 4.79 Å². The van der Waals surface area contributed by atoms with E-state index in [1.54, 1.807) is 4.90 Å². The lowest BCUT2D eigenvalue weighted by molar-refractivity contribution is -0.121. The van der Waals surface area contributed by atoms with Gasteiger partial charge in [0.1, 0.15) is 4.32 Å².